The van der Waals surface area contributed by atoms with Gasteiger partial charge in [-0.15, -0.1) is 0 Å². The Labute approximate surface area is 215 Å². The van der Waals surface area contributed by atoms with Crippen molar-refractivity contribution in [3.63, 3.8) is 0 Å². The molecule has 4 rings (SSSR count). The van der Waals surface area contributed by atoms with Gasteiger partial charge in [0.15, 0.2) is 0 Å². The van der Waals surface area contributed by atoms with Crippen LogP contribution in [0, 0.1) is 11.8 Å². The molecule has 2 fully saturated rings. The molecule has 6 heteroatoms. The van der Waals surface area contributed by atoms with Crippen molar-refractivity contribution in [1.29, 1.82) is 0 Å². The summed E-state index contributed by atoms with van der Waals surface area (Å²) in [6.07, 6.45) is 14.0. The van der Waals surface area contributed by atoms with Gasteiger partial charge in [-0.1, -0.05) is 19.3 Å². The molecule has 1 aromatic heterocycles. The van der Waals surface area contributed by atoms with E-state index in [1.807, 2.05) is 18.3 Å². The van der Waals surface area contributed by atoms with Crippen molar-refractivity contribution in [2.45, 2.75) is 69.5 Å². The minimum atomic E-state index is -0.0642. The number of aromatic nitrogens is 1. The number of pyridine rings is 1. The predicted molar refractivity (Wildman–Crippen MR) is 145 cm³/mol. The monoisotopic (exact) mass is 498 g/mol. The number of fused-ring (bicyclic) bond motifs is 1. The number of aryl methyl sites for hydroxylation is 1. The number of benzene rings is 1. The summed E-state index contributed by atoms with van der Waals surface area (Å²) < 4.78 is 10.5. The van der Waals surface area contributed by atoms with E-state index in [2.05, 4.69) is 33.8 Å². The van der Waals surface area contributed by atoms with Gasteiger partial charge in [0.2, 0.25) is 0 Å². The van der Waals surface area contributed by atoms with Crippen LogP contribution in [0.25, 0.3) is 10.9 Å². The second kappa shape index (κ2) is 13.5. The zero-order chi connectivity index (χ0) is 24.5. The average Bonchev–Trinajstić information content (AvgIpc) is 2.90. The zero-order valence-corrected chi connectivity index (χ0v) is 22.4. The number of carbonyl (C=O) groups excluding carboxylic acids is 1. The third-order valence-corrected chi connectivity index (χ3v) is 9.37. The Morgan fingerprint density at radius 3 is 2.77 bits per heavy atom. The van der Waals surface area contributed by atoms with Gasteiger partial charge in [-0.25, -0.2) is 0 Å². The molecule has 192 valence electrons. The van der Waals surface area contributed by atoms with E-state index in [1.165, 1.54) is 62.3 Å². The molecule has 5 nitrogen and oxygen atoms in total. The second-order valence-corrected chi connectivity index (χ2v) is 11.7. The Morgan fingerprint density at radius 1 is 1.11 bits per heavy atom. The van der Waals surface area contributed by atoms with Gasteiger partial charge >= 0.3 is 5.97 Å². The number of ether oxygens (including phenoxy) is 2. The first-order chi connectivity index (χ1) is 17.2. The van der Waals surface area contributed by atoms with Gasteiger partial charge in [0.05, 0.1) is 19.7 Å². The molecule has 2 aromatic rings. The van der Waals surface area contributed by atoms with E-state index in [-0.39, 0.29) is 5.97 Å². The standard InChI is InChI=1S/C29H42N2O3S/c1-33-25-11-12-28-27(20-25)23(13-15-30-28)8-6-7-22-14-16-31(21-24(22)19-29(32)34-2)17-18-35-26-9-4-3-5-10-26/h11-13,15,20,22,24,26H,3-10,14,16-19,21H2,1-2H3/t22-,24+/m1/s1. The van der Waals surface area contributed by atoms with Gasteiger partial charge in [0, 0.05) is 42.1 Å². The molecule has 1 aromatic carbocycles. The Balaban J connectivity index is 1.30. The van der Waals surface area contributed by atoms with Crippen molar-refractivity contribution < 1.29 is 14.3 Å². The normalized spacial score (nSPS) is 21.8. The molecule has 35 heavy (non-hydrogen) atoms. The largest absolute Gasteiger partial charge is 0.497 e. The smallest absolute Gasteiger partial charge is 0.305 e. The fraction of sp³-hybridized carbons (Fsp3) is 0.655. The molecule has 0 N–H and O–H groups in total. The van der Waals surface area contributed by atoms with Crippen molar-refractivity contribution in [3.8, 4) is 5.75 Å². The summed E-state index contributed by atoms with van der Waals surface area (Å²) >= 11 is 2.18. The van der Waals surface area contributed by atoms with E-state index in [0.29, 0.717) is 18.3 Å². The minimum absolute atomic E-state index is 0.0642. The number of hydrogen-bond donors (Lipinski definition) is 0. The van der Waals surface area contributed by atoms with Gasteiger partial charge in [0.1, 0.15) is 5.75 Å². The number of piperidine rings is 1. The zero-order valence-electron chi connectivity index (χ0n) is 21.5. The number of likely N-dealkylation sites (tertiary alicyclic amines) is 1. The lowest BCUT2D eigenvalue weighted by molar-refractivity contribution is -0.142. The van der Waals surface area contributed by atoms with Gasteiger partial charge in [-0.2, -0.15) is 11.8 Å². The average molecular weight is 499 g/mol. The summed E-state index contributed by atoms with van der Waals surface area (Å²) in [5, 5.41) is 2.06. The second-order valence-electron chi connectivity index (χ2n) is 10.3. The maximum atomic E-state index is 12.2. The molecule has 0 radical (unpaired) electrons. The number of esters is 1. The van der Waals surface area contributed by atoms with Crippen molar-refractivity contribution >= 4 is 28.6 Å². The summed E-state index contributed by atoms with van der Waals surface area (Å²) in [4.78, 5) is 19.3. The number of nitrogens with zero attached hydrogens (tertiary/aromatic N) is 2. The van der Waals surface area contributed by atoms with Crippen LogP contribution in [0.5, 0.6) is 5.75 Å². The first-order valence-electron chi connectivity index (χ1n) is 13.5. The lowest BCUT2D eigenvalue weighted by atomic mass is 9.80. The first-order valence-corrected chi connectivity index (χ1v) is 14.5. The van der Waals surface area contributed by atoms with Crippen LogP contribution < -0.4 is 4.74 Å². The van der Waals surface area contributed by atoms with Gasteiger partial charge in [0.25, 0.3) is 0 Å². The molecule has 2 heterocycles. The molecule has 0 spiro atoms. The highest BCUT2D eigenvalue weighted by molar-refractivity contribution is 7.99. The summed E-state index contributed by atoms with van der Waals surface area (Å²) in [7, 11) is 3.22. The molecular weight excluding hydrogens is 456 g/mol. The molecule has 0 bridgehead atoms. The number of methoxy groups -OCH3 is 2. The first kappa shape index (κ1) is 26.3. The van der Waals surface area contributed by atoms with E-state index in [1.54, 1.807) is 7.11 Å². The molecule has 2 atom stereocenters. The quantitative estimate of drug-likeness (QED) is 0.347. The van der Waals surface area contributed by atoms with Crippen molar-refractivity contribution in [2.24, 2.45) is 11.8 Å². The van der Waals surface area contributed by atoms with E-state index in [9.17, 15) is 4.79 Å². The maximum Gasteiger partial charge on any atom is 0.305 e. The molecule has 1 aliphatic heterocycles. The summed E-state index contributed by atoms with van der Waals surface area (Å²) in [5.41, 5.74) is 2.35. The van der Waals surface area contributed by atoms with Crippen LogP contribution in [0.1, 0.15) is 63.4 Å². The van der Waals surface area contributed by atoms with Crippen LogP contribution in [0.2, 0.25) is 0 Å². The SMILES string of the molecule is COC(=O)C[C@H]1CN(CCSC2CCCCC2)CC[C@H]1CCCc1ccnc2ccc(OC)cc12. The van der Waals surface area contributed by atoms with Crippen LogP contribution >= 0.6 is 11.8 Å². The summed E-state index contributed by atoms with van der Waals surface area (Å²) in [5.74, 6) is 3.01. The molecular formula is C29H42N2O3S. The van der Waals surface area contributed by atoms with Crippen LogP contribution in [0.4, 0.5) is 0 Å². The Bertz CT molecular complexity index is 947. The topological polar surface area (TPSA) is 51.7 Å². The molecule has 1 saturated carbocycles. The van der Waals surface area contributed by atoms with Crippen LogP contribution in [-0.2, 0) is 16.0 Å². The highest BCUT2D eigenvalue weighted by Crippen LogP contribution is 2.33. The lowest BCUT2D eigenvalue weighted by Gasteiger charge is -2.38. The van der Waals surface area contributed by atoms with E-state index in [0.717, 1.165) is 55.4 Å². The van der Waals surface area contributed by atoms with Crippen molar-refractivity contribution in [1.82, 2.24) is 9.88 Å². The van der Waals surface area contributed by atoms with Gasteiger partial charge in [-0.3, -0.25) is 9.78 Å². The summed E-state index contributed by atoms with van der Waals surface area (Å²) in [6, 6.07) is 8.24. The van der Waals surface area contributed by atoms with Crippen molar-refractivity contribution in [3.05, 3.63) is 36.0 Å². The van der Waals surface area contributed by atoms with E-state index >= 15 is 0 Å². The highest BCUT2D eigenvalue weighted by atomic mass is 32.2. The van der Waals surface area contributed by atoms with Crippen LogP contribution in [-0.4, -0.2) is 60.7 Å². The van der Waals surface area contributed by atoms with Gasteiger partial charge in [-0.05, 0) is 86.7 Å². The highest BCUT2D eigenvalue weighted by Gasteiger charge is 2.31. The van der Waals surface area contributed by atoms with E-state index in [4.69, 9.17) is 9.47 Å². The number of carbonyl (C=O) groups is 1. The molecule has 0 unspecified atom stereocenters. The number of thioether (sulfide) groups is 1. The van der Waals surface area contributed by atoms with Crippen molar-refractivity contribution in [2.75, 3.05) is 39.6 Å². The fourth-order valence-electron chi connectivity index (χ4n) is 5.93. The molecule has 1 saturated heterocycles. The lowest BCUT2D eigenvalue weighted by Crippen LogP contribution is -2.42. The minimum Gasteiger partial charge on any atom is -0.497 e. The predicted octanol–water partition coefficient (Wildman–Crippen LogP) is 6.13. The summed E-state index contributed by atoms with van der Waals surface area (Å²) in [6.45, 7) is 3.33. The fourth-order valence-corrected chi connectivity index (χ4v) is 7.29. The molecule has 2 aliphatic rings. The number of rotatable bonds is 11. The molecule has 0 amide bonds. The van der Waals surface area contributed by atoms with E-state index < -0.39 is 0 Å². The number of hydrogen-bond acceptors (Lipinski definition) is 6. The Hall–Kier alpha value is -1.79. The Morgan fingerprint density at radius 2 is 1.97 bits per heavy atom. The van der Waals surface area contributed by atoms with Crippen LogP contribution in [0.15, 0.2) is 30.5 Å². The van der Waals surface area contributed by atoms with Gasteiger partial charge < -0.3 is 14.4 Å². The third kappa shape index (κ3) is 7.60. The van der Waals surface area contributed by atoms with Crippen LogP contribution in [0.3, 0.4) is 0 Å². The maximum absolute atomic E-state index is 12.2. The third-order valence-electron chi connectivity index (χ3n) is 8.01. The molecule has 1 aliphatic carbocycles. The Kier molecular flexibility index (Phi) is 10.1.